The average Bonchev–Trinajstić information content (AvgIpc) is 1.87. The van der Waals surface area contributed by atoms with Crippen LogP contribution < -0.4 is 0 Å². The third-order valence-corrected chi connectivity index (χ3v) is 3.07. The Morgan fingerprint density at radius 1 is 1.50 bits per heavy atom. The molecule has 0 aromatic heterocycles. The summed E-state index contributed by atoms with van der Waals surface area (Å²) in [7, 11) is 1.74. The Bertz CT molecular complexity index is 70.0. The Morgan fingerprint density at radius 2 is 2.10 bits per heavy atom. The normalized spacial score (nSPS) is 14.1. The maximum absolute atomic E-state index is 5.06. The molecule has 0 bridgehead atoms. The first-order chi connectivity index (χ1) is 4.72. The Labute approximate surface area is 73.3 Å². The van der Waals surface area contributed by atoms with E-state index >= 15 is 0 Å². The molecule has 10 heavy (non-hydrogen) atoms. The van der Waals surface area contributed by atoms with Crippen LogP contribution in [0.2, 0.25) is 0 Å². The van der Waals surface area contributed by atoms with Gasteiger partial charge in [0.1, 0.15) is 0 Å². The number of hydrogen-bond acceptors (Lipinski definition) is 3. The van der Waals surface area contributed by atoms with Crippen molar-refractivity contribution >= 4 is 24.4 Å². The van der Waals surface area contributed by atoms with Gasteiger partial charge < -0.3 is 4.74 Å². The average molecular weight is 180 g/mol. The summed E-state index contributed by atoms with van der Waals surface area (Å²) >= 11 is 6.00. The molecule has 0 rings (SSSR count). The molecule has 0 N–H and O–H groups in total. The fraction of sp³-hybridized carbons (Fsp3) is 1.00. The van der Waals surface area contributed by atoms with Crippen molar-refractivity contribution in [1.82, 2.24) is 0 Å². The van der Waals surface area contributed by atoms with Gasteiger partial charge in [0.25, 0.3) is 0 Å². The Kier molecular flexibility index (Phi) is 6.80. The van der Waals surface area contributed by atoms with Gasteiger partial charge in [0.2, 0.25) is 0 Å². The summed E-state index contributed by atoms with van der Waals surface area (Å²) in [5.41, 5.74) is 0. The lowest BCUT2D eigenvalue weighted by atomic mass is 10.1. The molecule has 0 spiro atoms. The van der Waals surface area contributed by atoms with Gasteiger partial charge in [0.05, 0.1) is 6.61 Å². The van der Waals surface area contributed by atoms with Crippen LogP contribution in [0.15, 0.2) is 0 Å². The number of thioether (sulfide) groups is 1. The number of rotatable bonds is 5. The second kappa shape index (κ2) is 6.38. The molecule has 62 valence electrons. The van der Waals surface area contributed by atoms with Crippen molar-refractivity contribution in [3.05, 3.63) is 0 Å². The molecule has 0 aliphatic carbocycles. The van der Waals surface area contributed by atoms with E-state index in [-0.39, 0.29) is 0 Å². The summed E-state index contributed by atoms with van der Waals surface area (Å²) in [6.45, 7) is 5.25. The third kappa shape index (κ3) is 4.47. The largest absolute Gasteiger partial charge is 0.384 e. The molecule has 0 aromatic carbocycles. The Balaban J connectivity index is 3.50. The maximum atomic E-state index is 5.06. The van der Waals surface area contributed by atoms with E-state index in [0.29, 0.717) is 11.2 Å². The van der Waals surface area contributed by atoms with E-state index in [0.717, 1.165) is 11.7 Å². The lowest BCUT2D eigenvalue weighted by molar-refractivity contribution is 0.188. The molecule has 0 amide bonds. The maximum Gasteiger partial charge on any atom is 0.0584 e. The molecule has 0 aliphatic rings. The highest BCUT2D eigenvalue weighted by Gasteiger charge is 2.11. The van der Waals surface area contributed by atoms with Gasteiger partial charge in [0, 0.05) is 17.4 Å². The minimum Gasteiger partial charge on any atom is -0.384 e. The number of methoxy groups -OCH3 is 1. The summed E-state index contributed by atoms with van der Waals surface area (Å²) < 4.78 is 5.06. The number of hydrogen-bond donors (Lipinski definition) is 1. The van der Waals surface area contributed by atoms with Crippen molar-refractivity contribution in [2.45, 2.75) is 19.1 Å². The SMILES string of the molecule is COCC(SCS)C(C)C. The highest BCUT2D eigenvalue weighted by molar-refractivity contribution is 8.09. The summed E-state index contributed by atoms with van der Waals surface area (Å²) in [5, 5.41) is 1.48. The molecule has 1 unspecified atom stereocenters. The van der Waals surface area contributed by atoms with Crippen molar-refractivity contribution in [1.29, 1.82) is 0 Å². The number of ether oxygens (including phenoxy) is 1. The summed E-state index contributed by atoms with van der Waals surface area (Å²) in [5.74, 6) is 0.678. The minimum atomic E-state index is 0.600. The second-order valence-corrected chi connectivity index (χ2v) is 4.51. The van der Waals surface area contributed by atoms with Crippen LogP contribution in [-0.4, -0.2) is 24.1 Å². The van der Waals surface area contributed by atoms with Gasteiger partial charge in [-0.1, -0.05) is 13.8 Å². The topological polar surface area (TPSA) is 9.23 Å². The van der Waals surface area contributed by atoms with Crippen molar-refractivity contribution < 1.29 is 4.74 Å². The van der Waals surface area contributed by atoms with Crippen LogP contribution in [0.3, 0.4) is 0 Å². The first-order valence-electron chi connectivity index (χ1n) is 3.43. The van der Waals surface area contributed by atoms with Crippen LogP contribution >= 0.6 is 24.4 Å². The van der Waals surface area contributed by atoms with Gasteiger partial charge in [-0.05, 0) is 5.92 Å². The van der Waals surface area contributed by atoms with Crippen molar-refractivity contribution in [2.24, 2.45) is 5.92 Å². The van der Waals surface area contributed by atoms with Gasteiger partial charge in [-0.15, -0.1) is 11.8 Å². The van der Waals surface area contributed by atoms with E-state index in [9.17, 15) is 0 Å². The molecular formula is C7H16OS2. The second-order valence-electron chi connectivity index (χ2n) is 2.53. The van der Waals surface area contributed by atoms with E-state index in [2.05, 4.69) is 26.5 Å². The lowest BCUT2D eigenvalue weighted by Gasteiger charge is -2.17. The van der Waals surface area contributed by atoms with Crippen LogP contribution in [0.25, 0.3) is 0 Å². The van der Waals surface area contributed by atoms with Crippen LogP contribution in [0.1, 0.15) is 13.8 Å². The summed E-state index contributed by atoms with van der Waals surface area (Å²) in [4.78, 5) is 0. The molecule has 0 saturated carbocycles. The molecule has 3 heteroatoms. The molecular weight excluding hydrogens is 164 g/mol. The fourth-order valence-electron chi connectivity index (χ4n) is 0.693. The predicted molar refractivity (Wildman–Crippen MR) is 51.9 cm³/mol. The Morgan fingerprint density at radius 3 is 2.40 bits per heavy atom. The van der Waals surface area contributed by atoms with Gasteiger partial charge in [-0.25, -0.2) is 0 Å². The van der Waals surface area contributed by atoms with Crippen LogP contribution in [-0.2, 0) is 4.74 Å². The molecule has 1 atom stereocenters. The molecule has 1 nitrogen and oxygen atoms in total. The van der Waals surface area contributed by atoms with Crippen molar-refractivity contribution in [2.75, 3.05) is 18.8 Å². The highest BCUT2D eigenvalue weighted by atomic mass is 32.2. The van der Waals surface area contributed by atoms with E-state index in [1.165, 1.54) is 0 Å². The quantitative estimate of drug-likeness (QED) is 0.513. The molecule has 0 fully saturated rings. The first-order valence-corrected chi connectivity index (χ1v) is 5.12. The van der Waals surface area contributed by atoms with E-state index in [4.69, 9.17) is 4.74 Å². The van der Waals surface area contributed by atoms with Gasteiger partial charge >= 0.3 is 0 Å². The lowest BCUT2D eigenvalue weighted by Crippen LogP contribution is -2.17. The van der Waals surface area contributed by atoms with Crippen LogP contribution in [0.4, 0.5) is 0 Å². The first kappa shape index (κ1) is 10.7. The molecule has 0 radical (unpaired) electrons. The molecule has 0 aromatic rings. The summed E-state index contributed by atoms with van der Waals surface area (Å²) in [6, 6.07) is 0. The van der Waals surface area contributed by atoms with Crippen LogP contribution in [0, 0.1) is 5.92 Å². The van der Waals surface area contributed by atoms with Gasteiger partial charge in [0.15, 0.2) is 0 Å². The zero-order valence-electron chi connectivity index (χ0n) is 6.83. The van der Waals surface area contributed by atoms with Gasteiger partial charge in [-0.3, -0.25) is 0 Å². The highest BCUT2D eigenvalue weighted by Crippen LogP contribution is 2.20. The zero-order valence-corrected chi connectivity index (χ0v) is 8.54. The minimum absolute atomic E-state index is 0.600. The third-order valence-electron chi connectivity index (χ3n) is 1.36. The van der Waals surface area contributed by atoms with E-state index < -0.39 is 0 Å². The zero-order chi connectivity index (χ0) is 7.98. The monoisotopic (exact) mass is 180 g/mol. The van der Waals surface area contributed by atoms with Crippen LogP contribution in [0.5, 0.6) is 0 Å². The van der Waals surface area contributed by atoms with E-state index in [1.807, 2.05) is 11.8 Å². The van der Waals surface area contributed by atoms with Crippen molar-refractivity contribution in [3.63, 3.8) is 0 Å². The van der Waals surface area contributed by atoms with Gasteiger partial charge in [-0.2, -0.15) is 12.6 Å². The summed E-state index contributed by atoms with van der Waals surface area (Å²) in [6.07, 6.45) is 0. The smallest absolute Gasteiger partial charge is 0.0584 e. The number of thiol groups is 1. The molecule has 0 aliphatic heterocycles. The fourth-order valence-corrected chi connectivity index (χ4v) is 2.08. The van der Waals surface area contributed by atoms with Crippen molar-refractivity contribution in [3.8, 4) is 0 Å². The Hall–Kier alpha value is 0.660. The standard InChI is InChI=1S/C7H16OS2/c1-6(2)7(4-8-3)10-5-9/h6-7,9H,4-5H2,1-3H3. The predicted octanol–water partition coefficient (Wildman–Crippen LogP) is 2.28. The van der Waals surface area contributed by atoms with E-state index in [1.54, 1.807) is 7.11 Å². The molecule has 0 heterocycles. The molecule has 0 saturated heterocycles.